The van der Waals surface area contributed by atoms with Gasteiger partial charge in [0.25, 0.3) is 5.91 Å². The Morgan fingerprint density at radius 2 is 1.74 bits per heavy atom. The summed E-state index contributed by atoms with van der Waals surface area (Å²) < 4.78 is 0. The monoisotopic (exact) mass is 389 g/mol. The summed E-state index contributed by atoms with van der Waals surface area (Å²) in [6, 6.07) is 6.29. The van der Waals surface area contributed by atoms with E-state index in [0.29, 0.717) is 10.6 Å². The maximum absolute atomic E-state index is 12.8. The molecule has 0 spiro atoms. The number of amides is 2. The number of fused-ring (bicyclic) bond motifs is 2. The van der Waals surface area contributed by atoms with Gasteiger partial charge in [0.1, 0.15) is 0 Å². The molecular weight excluding hydrogens is 362 g/mol. The highest BCUT2D eigenvalue weighted by Gasteiger charge is 2.40. The third-order valence-corrected chi connectivity index (χ3v) is 6.63. The van der Waals surface area contributed by atoms with Crippen LogP contribution in [0.1, 0.15) is 62.2 Å². The molecule has 2 bridgehead atoms. The van der Waals surface area contributed by atoms with Crippen LogP contribution in [0.3, 0.4) is 0 Å². The molecule has 0 radical (unpaired) electrons. The van der Waals surface area contributed by atoms with Gasteiger partial charge in [-0.05, 0) is 63.1 Å². The molecule has 0 aliphatic carbocycles. The fraction of sp³-hybridized carbons (Fsp3) is 0.619. The second-order valence-corrected chi connectivity index (χ2v) is 8.57. The zero-order valence-corrected chi connectivity index (χ0v) is 16.7. The maximum atomic E-state index is 12.8. The van der Waals surface area contributed by atoms with Crippen molar-refractivity contribution in [3.05, 3.63) is 28.8 Å². The van der Waals surface area contributed by atoms with Gasteiger partial charge < -0.3 is 15.1 Å². The van der Waals surface area contributed by atoms with E-state index in [0.717, 1.165) is 44.5 Å². The summed E-state index contributed by atoms with van der Waals surface area (Å²) in [6.07, 6.45) is 7.34. The van der Waals surface area contributed by atoms with Crippen molar-refractivity contribution in [3.8, 4) is 0 Å². The largest absolute Gasteiger partial charge is 0.370 e. The van der Waals surface area contributed by atoms with E-state index in [1.807, 2.05) is 17.0 Å². The molecule has 2 amide bonds. The smallest absolute Gasteiger partial charge is 0.251 e. The summed E-state index contributed by atoms with van der Waals surface area (Å²) in [7, 11) is 0. The number of rotatable bonds is 3. The molecule has 27 heavy (non-hydrogen) atoms. The third-order valence-electron chi connectivity index (χ3n) is 6.33. The Morgan fingerprint density at radius 3 is 2.33 bits per heavy atom. The average Bonchev–Trinajstić information content (AvgIpc) is 3.15. The van der Waals surface area contributed by atoms with Crippen molar-refractivity contribution >= 4 is 29.1 Å². The summed E-state index contributed by atoms with van der Waals surface area (Å²) in [6.45, 7) is 3.72. The van der Waals surface area contributed by atoms with Crippen molar-refractivity contribution in [2.24, 2.45) is 0 Å². The SMILES string of the molecule is CC(=O)N1[C@@H]2CCC[C@H]1CC(NC(=O)c1ccc(N3CCCC3)c(Cl)c1)C2. The zero-order valence-electron chi connectivity index (χ0n) is 15.9. The molecule has 3 fully saturated rings. The lowest BCUT2D eigenvalue weighted by Crippen LogP contribution is -2.58. The van der Waals surface area contributed by atoms with Crippen LogP contribution in [0, 0.1) is 0 Å². The van der Waals surface area contributed by atoms with Crippen molar-refractivity contribution < 1.29 is 9.59 Å². The molecule has 146 valence electrons. The van der Waals surface area contributed by atoms with Gasteiger partial charge in [-0.2, -0.15) is 0 Å². The van der Waals surface area contributed by atoms with E-state index < -0.39 is 0 Å². The molecule has 1 aromatic carbocycles. The van der Waals surface area contributed by atoms with Crippen molar-refractivity contribution in [1.29, 1.82) is 0 Å². The molecule has 3 saturated heterocycles. The summed E-state index contributed by atoms with van der Waals surface area (Å²) in [5, 5.41) is 3.84. The number of benzene rings is 1. The summed E-state index contributed by atoms with van der Waals surface area (Å²) >= 11 is 6.46. The van der Waals surface area contributed by atoms with Crippen molar-refractivity contribution in [2.45, 2.75) is 70.0 Å². The minimum atomic E-state index is -0.0655. The van der Waals surface area contributed by atoms with Gasteiger partial charge in [-0.3, -0.25) is 9.59 Å². The van der Waals surface area contributed by atoms with E-state index in [1.54, 1.807) is 13.0 Å². The van der Waals surface area contributed by atoms with Gasteiger partial charge in [0.05, 0.1) is 10.7 Å². The minimum absolute atomic E-state index is 0.0655. The Bertz CT molecular complexity index is 718. The lowest BCUT2D eigenvalue weighted by Gasteiger charge is -2.48. The van der Waals surface area contributed by atoms with Crippen molar-refractivity contribution in [1.82, 2.24) is 10.2 Å². The van der Waals surface area contributed by atoms with Gasteiger partial charge in [-0.15, -0.1) is 0 Å². The van der Waals surface area contributed by atoms with Gasteiger partial charge in [0, 0.05) is 43.7 Å². The molecule has 0 saturated carbocycles. The van der Waals surface area contributed by atoms with Crippen LogP contribution in [0.2, 0.25) is 5.02 Å². The Kier molecular flexibility index (Phi) is 5.31. The molecule has 3 atom stereocenters. The zero-order chi connectivity index (χ0) is 19.0. The van der Waals surface area contributed by atoms with E-state index >= 15 is 0 Å². The van der Waals surface area contributed by atoms with Gasteiger partial charge in [-0.1, -0.05) is 11.6 Å². The van der Waals surface area contributed by atoms with Crippen LogP contribution in [-0.2, 0) is 4.79 Å². The molecule has 3 aliphatic rings. The van der Waals surface area contributed by atoms with Gasteiger partial charge >= 0.3 is 0 Å². The van der Waals surface area contributed by atoms with E-state index in [2.05, 4.69) is 10.2 Å². The predicted octanol–water partition coefficient (Wildman–Crippen LogP) is 3.60. The lowest BCUT2D eigenvalue weighted by molar-refractivity contribution is -0.138. The highest BCUT2D eigenvalue weighted by molar-refractivity contribution is 6.33. The number of anilines is 1. The highest BCUT2D eigenvalue weighted by atomic mass is 35.5. The van der Waals surface area contributed by atoms with Crippen LogP contribution in [0.25, 0.3) is 0 Å². The Hall–Kier alpha value is -1.75. The lowest BCUT2D eigenvalue weighted by atomic mass is 9.81. The molecule has 3 heterocycles. The van der Waals surface area contributed by atoms with Crippen LogP contribution in [0.15, 0.2) is 18.2 Å². The molecule has 0 aromatic heterocycles. The number of nitrogens with one attached hydrogen (secondary N) is 1. The average molecular weight is 390 g/mol. The highest BCUT2D eigenvalue weighted by Crippen LogP contribution is 2.34. The summed E-state index contributed by atoms with van der Waals surface area (Å²) in [5.41, 5.74) is 1.64. The first kappa shape index (κ1) is 18.6. The first-order valence-electron chi connectivity index (χ1n) is 10.2. The number of hydrogen-bond acceptors (Lipinski definition) is 3. The fourth-order valence-electron chi connectivity index (χ4n) is 5.14. The Morgan fingerprint density at radius 1 is 1.07 bits per heavy atom. The van der Waals surface area contributed by atoms with Crippen LogP contribution >= 0.6 is 11.6 Å². The van der Waals surface area contributed by atoms with E-state index in [9.17, 15) is 9.59 Å². The molecule has 3 aliphatic heterocycles. The molecular formula is C21H28ClN3O2. The molecule has 4 rings (SSSR count). The summed E-state index contributed by atoms with van der Waals surface area (Å²) in [4.78, 5) is 29.1. The topological polar surface area (TPSA) is 52.7 Å². The Balaban J connectivity index is 1.42. The number of carbonyl (C=O) groups excluding carboxylic acids is 2. The van der Waals surface area contributed by atoms with Gasteiger partial charge in [-0.25, -0.2) is 0 Å². The maximum Gasteiger partial charge on any atom is 0.251 e. The molecule has 6 heteroatoms. The second-order valence-electron chi connectivity index (χ2n) is 8.17. The number of carbonyl (C=O) groups is 2. The van der Waals surface area contributed by atoms with Crippen LogP contribution < -0.4 is 10.2 Å². The normalized spacial score (nSPS) is 27.6. The molecule has 1 N–H and O–H groups in total. The van der Waals surface area contributed by atoms with Gasteiger partial charge in [0.2, 0.25) is 5.91 Å². The quantitative estimate of drug-likeness (QED) is 0.859. The standard InChI is InChI=1S/C21H28ClN3O2/c1-14(26)25-17-5-4-6-18(25)13-16(12-17)23-21(27)15-7-8-20(19(22)11-15)24-9-2-3-10-24/h7-8,11,16-18H,2-6,9-10,12-13H2,1H3,(H,23,27)/t16?,17-,18+. The third kappa shape index (κ3) is 3.79. The number of piperidine rings is 2. The van der Waals surface area contributed by atoms with Crippen molar-refractivity contribution in [2.75, 3.05) is 18.0 Å². The first-order valence-corrected chi connectivity index (χ1v) is 10.5. The summed E-state index contributed by atoms with van der Waals surface area (Å²) in [5.74, 6) is 0.1000. The van der Waals surface area contributed by atoms with Crippen molar-refractivity contribution in [3.63, 3.8) is 0 Å². The number of nitrogens with zero attached hydrogens (tertiary/aromatic N) is 2. The second kappa shape index (κ2) is 7.70. The van der Waals surface area contributed by atoms with Crippen LogP contribution in [0.4, 0.5) is 5.69 Å². The Labute approximate surface area is 166 Å². The minimum Gasteiger partial charge on any atom is -0.370 e. The fourth-order valence-corrected chi connectivity index (χ4v) is 5.44. The van der Waals surface area contributed by atoms with Gasteiger partial charge in [0.15, 0.2) is 0 Å². The predicted molar refractivity (Wildman–Crippen MR) is 107 cm³/mol. The molecule has 1 aromatic rings. The molecule has 1 unspecified atom stereocenters. The first-order chi connectivity index (χ1) is 13.0. The van der Waals surface area contributed by atoms with E-state index in [-0.39, 0.29) is 29.9 Å². The number of hydrogen-bond donors (Lipinski definition) is 1. The van der Waals surface area contributed by atoms with E-state index in [4.69, 9.17) is 11.6 Å². The van der Waals surface area contributed by atoms with Crippen LogP contribution in [0.5, 0.6) is 0 Å². The van der Waals surface area contributed by atoms with E-state index in [1.165, 1.54) is 19.3 Å². The van der Waals surface area contributed by atoms with Crippen LogP contribution in [-0.4, -0.2) is 47.9 Å². The number of halogens is 1. The molecule has 5 nitrogen and oxygen atoms in total.